The molecular weight excluding hydrogens is 238 g/mol. The van der Waals surface area contributed by atoms with Crippen molar-refractivity contribution >= 4 is 12.4 Å². The first-order valence-corrected chi connectivity index (χ1v) is 5.77. The Balaban J connectivity index is 0.00000144. The minimum atomic E-state index is 0. The van der Waals surface area contributed by atoms with E-state index in [1.165, 1.54) is 0 Å². The van der Waals surface area contributed by atoms with Crippen molar-refractivity contribution in [2.24, 2.45) is 11.7 Å². The van der Waals surface area contributed by atoms with E-state index >= 15 is 0 Å². The zero-order chi connectivity index (χ0) is 11.4. The first kappa shape index (κ1) is 14.2. The number of aromatic nitrogens is 1. The molecule has 1 aromatic rings. The molecule has 3 N–H and O–H groups in total. The van der Waals surface area contributed by atoms with E-state index in [1.807, 2.05) is 18.3 Å². The Labute approximate surface area is 108 Å². The summed E-state index contributed by atoms with van der Waals surface area (Å²) in [5, 5.41) is 3.35. The first-order valence-electron chi connectivity index (χ1n) is 5.77. The summed E-state index contributed by atoms with van der Waals surface area (Å²) >= 11 is 0. The predicted octanol–water partition coefficient (Wildman–Crippen LogP) is 1.51. The second-order valence-corrected chi connectivity index (χ2v) is 4.25. The number of pyridine rings is 1. The van der Waals surface area contributed by atoms with Crippen LogP contribution in [0.3, 0.4) is 0 Å². The maximum absolute atomic E-state index is 6.25. The van der Waals surface area contributed by atoms with Gasteiger partial charge in [-0.3, -0.25) is 0 Å². The van der Waals surface area contributed by atoms with Gasteiger partial charge in [-0.05, 0) is 37.4 Å². The average molecular weight is 258 g/mol. The smallest absolute Gasteiger partial charge is 0.212 e. The lowest BCUT2D eigenvalue weighted by Crippen LogP contribution is -2.33. The van der Waals surface area contributed by atoms with Crippen molar-refractivity contribution in [2.45, 2.75) is 18.9 Å². The van der Waals surface area contributed by atoms with Gasteiger partial charge in [-0.2, -0.15) is 0 Å². The number of ether oxygens (including phenoxy) is 1. The average Bonchev–Trinajstić information content (AvgIpc) is 2.39. The first-order chi connectivity index (χ1) is 7.81. The van der Waals surface area contributed by atoms with Crippen molar-refractivity contribution in [1.29, 1.82) is 0 Å². The van der Waals surface area contributed by atoms with Gasteiger partial charge in [0.1, 0.15) is 0 Å². The molecule has 2 heterocycles. The molecule has 1 aromatic heterocycles. The maximum Gasteiger partial charge on any atom is 0.212 e. The molecule has 1 aliphatic heterocycles. The predicted molar refractivity (Wildman–Crippen MR) is 70.6 cm³/mol. The number of rotatable bonds is 3. The molecule has 4 nitrogen and oxygen atoms in total. The molecule has 96 valence electrons. The van der Waals surface area contributed by atoms with Gasteiger partial charge >= 0.3 is 0 Å². The molecule has 0 bridgehead atoms. The molecule has 1 atom stereocenters. The largest absolute Gasteiger partial charge is 0.481 e. The van der Waals surface area contributed by atoms with Crippen molar-refractivity contribution in [2.75, 3.05) is 20.2 Å². The molecular formula is C12H20ClN3O. The van der Waals surface area contributed by atoms with Crippen LogP contribution in [0.2, 0.25) is 0 Å². The fourth-order valence-electron chi connectivity index (χ4n) is 2.19. The number of hydrogen-bond donors (Lipinski definition) is 2. The number of halogens is 1. The molecule has 2 rings (SSSR count). The summed E-state index contributed by atoms with van der Waals surface area (Å²) in [6, 6.07) is 3.98. The van der Waals surface area contributed by atoms with E-state index in [0.717, 1.165) is 31.5 Å². The number of methoxy groups -OCH3 is 1. The third kappa shape index (κ3) is 3.56. The summed E-state index contributed by atoms with van der Waals surface area (Å²) in [7, 11) is 1.62. The summed E-state index contributed by atoms with van der Waals surface area (Å²) in [5.74, 6) is 1.21. The number of hydrogen-bond acceptors (Lipinski definition) is 4. The monoisotopic (exact) mass is 257 g/mol. The molecule has 0 amide bonds. The lowest BCUT2D eigenvalue weighted by atomic mass is 9.87. The van der Waals surface area contributed by atoms with Gasteiger partial charge in [0, 0.05) is 18.3 Å². The van der Waals surface area contributed by atoms with Crippen molar-refractivity contribution in [3.63, 3.8) is 0 Å². The molecule has 0 radical (unpaired) electrons. The molecule has 17 heavy (non-hydrogen) atoms. The van der Waals surface area contributed by atoms with E-state index < -0.39 is 0 Å². The van der Waals surface area contributed by atoms with Crippen LogP contribution in [-0.4, -0.2) is 25.2 Å². The van der Waals surface area contributed by atoms with Crippen molar-refractivity contribution in [3.8, 4) is 5.88 Å². The van der Waals surface area contributed by atoms with Crippen LogP contribution in [0, 0.1) is 5.92 Å². The Kier molecular flexibility index (Phi) is 5.68. The zero-order valence-electron chi connectivity index (χ0n) is 10.1. The molecule has 1 saturated heterocycles. The normalized spacial score (nSPS) is 18.2. The van der Waals surface area contributed by atoms with Gasteiger partial charge in [-0.1, -0.05) is 6.07 Å². The van der Waals surface area contributed by atoms with E-state index in [4.69, 9.17) is 10.5 Å². The summed E-state index contributed by atoms with van der Waals surface area (Å²) in [6.45, 7) is 2.14. The van der Waals surface area contributed by atoms with Crippen LogP contribution in [0.15, 0.2) is 18.3 Å². The number of nitrogens with one attached hydrogen (secondary N) is 1. The van der Waals surface area contributed by atoms with Crippen LogP contribution in [0.4, 0.5) is 0 Å². The highest BCUT2D eigenvalue weighted by Gasteiger charge is 2.21. The molecule has 0 unspecified atom stereocenters. The van der Waals surface area contributed by atoms with Gasteiger partial charge < -0.3 is 15.8 Å². The van der Waals surface area contributed by atoms with Crippen LogP contribution in [-0.2, 0) is 0 Å². The van der Waals surface area contributed by atoms with Crippen LogP contribution in [0.25, 0.3) is 0 Å². The molecule has 5 heteroatoms. The van der Waals surface area contributed by atoms with Gasteiger partial charge in [-0.25, -0.2) is 4.98 Å². The fourth-order valence-corrected chi connectivity index (χ4v) is 2.19. The highest BCUT2D eigenvalue weighted by molar-refractivity contribution is 5.85. The lowest BCUT2D eigenvalue weighted by Gasteiger charge is -2.28. The SMILES string of the molecule is COc1ccc([C@H](N)C2CCNCC2)cn1.Cl. The fraction of sp³-hybridized carbons (Fsp3) is 0.583. The molecule has 0 aromatic carbocycles. The maximum atomic E-state index is 6.25. The van der Waals surface area contributed by atoms with Gasteiger partial charge in [-0.15, -0.1) is 12.4 Å². The minimum absolute atomic E-state index is 0. The Hall–Kier alpha value is -0.840. The van der Waals surface area contributed by atoms with Gasteiger partial charge in [0.15, 0.2) is 0 Å². The van der Waals surface area contributed by atoms with E-state index in [1.54, 1.807) is 7.11 Å². The number of nitrogens with zero attached hydrogens (tertiary/aromatic N) is 1. The molecule has 0 aliphatic carbocycles. The molecule has 1 fully saturated rings. The highest BCUT2D eigenvalue weighted by atomic mass is 35.5. The van der Waals surface area contributed by atoms with E-state index in [2.05, 4.69) is 10.3 Å². The van der Waals surface area contributed by atoms with Gasteiger partial charge in [0.05, 0.1) is 7.11 Å². The van der Waals surface area contributed by atoms with E-state index in [9.17, 15) is 0 Å². The standard InChI is InChI=1S/C12H19N3O.ClH/c1-16-11-3-2-10(8-15-11)12(13)9-4-6-14-7-5-9;/h2-3,8-9,12,14H,4-7,13H2,1H3;1H/t12-;/m1./s1. The Morgan fingerprint density at radius 2 is 2.12 bits per heavy atom. The number of nitrogens with two attached hydrogens (primary N) is 1. The molecule has 0 saturated carbocycles. The van der Waals surface area contributed by atoms with Gasteiger partial charge in [0.2, 0.25) is 5.88 Å². The Bertz CT molecular complexity index is 325. The van der Waals surface area contributed by atoms with E-state index in [0.29, 0.717) is 11.8 Å². The number of piperidine rings is 1. The zero-order valence-corrected chi connectivity index (χ0v) is 10.9. The van der Waals surface area contributed by atoms with Crippen LogP contribution < -0.4 is 15.8 Å². The third-order valence-corrected chi connectivity index (χ3v) is 3.24. The van der Waals surface area contributed by atoms with Crippen LogP contribution in [0.1, 0.15) is 24.4 Å². The summed E-state index contributed by atoms with van der Waals surface area (Å²) in [5.41, 5.74) is 7.36. The van der Waals surface area contributed by atoms with Crippen molar-refractivity contribution in [1.82, 2.24) is 10.3 Å². The van der Waals surface area contributed by atoms with Crippen molar-refractivity contribution < 1.29 is 4.74 Å². The van der Waals surface area contributed by atoms with Gasteiger partial charge in [0.25, 0.3) is 0 Å². The Morgan fingerprint density at radius 1 is 1.41 bits per heavy atom. The van der Waals surface area contributed by atoms with Crippen LogP contribution in [0.5, 0.6) is 5.88 Å². The Morgan fingerprint density at radius 3 is 2.65 bits per heavy atom. The second-order valence-electron chi connectivity index (χ2n) is 4.25. The highest BCUT2D eigenvalue weighted by Crippen LogP contribution is 2.26. The summed E-state index contributed by atoms with van der Waals surface area (Å²) < 4.78 is 5.03. The summed E-state index contributed by atoms with van der Waals surface area (Å²) in [6.07, 6.45) is 4.12. The minimum Gasteiger partial charge on any atom is -0.481 e. The lowest BCUT2D eigenvalue weighted by molar-refractivity contribution is 0.321. The van der Waals surface area contributed by atoms with E-state index in [-0.39, 0.29) is 18.4 Å². The topological polar surface area (TPSA) is 60.2 Å². The quantitative estimate of drug-likeness (QED) is 0.862. The summed E-state index contributed by atoms with van der Waals surface area (Å²) in [4.78, 5) is 4.20. The molecule has 0 spiro atoms. The molecule has 1 aliphatic rings. The van der Waals surface area contributed by atoms with Crippen molar-refractivity contribution in [3.05, 3.63) is 23.9 Å². The second kappa shape index (κ2) is 6.79. The third-order valence-electron chi connectivity index (χ3n) is 3.24. The van der Waals surface area contributed by atoms with Crippen LogP contribution >= 0.6 is 12.4 Å².